The van der Waals surface area contributed by atoms with Crippen LogP contribution < -0.4 is 10.6 Å². The zero-order chi connectivity index (χ0) is 17.0. The second-order valence-electron chi connectivity index (χ2n) is 5.49. The third kappa shape index (κ3) is 3.71. The van der Waals surface area contributed by atoms with Crippen molar-refractivity contribution in [3.05, 3.63) is 34.6 Å². The van der Waals surface area contributed by atoms with Gasteiger partial charge in [-0.1, -0.05) is 12.1 Å². The molecule has 2 aromatic rings. The van der Waals surface area contributed by atoms with Crippen molar-refractivity contribution in [2.75, 3.05) is 26.8 Å². The van der Waals surface area contributed by atoms with Gasteiger partial charge in [0.1, 0.15) is 5.58 Å². The van der Waals surface area contributed by atoms with Crippen molar-refractivity contribution >= 4 is 22.8 Å². The Morgan fingerprint density at radius 3 is 2.48 bits per heavy atom. The Labute approximate surface area is 135 Å². The van der Waals surface area contributed by atoms with E-state index in [2.05, 4.69) is 10.6 Å². The van der Waals surface area contributed by atoms with Gasteiger partial charge in [0.05, 0.1) is 13.2 Å². The molecule has 2 N–H and O–H groups in total. The minimum atomic E-state index is -0.389. The lowest BCUT2D eigenvalue weighted by Gasteiger charge is -2.05. The summed E-state index contributed by atoms with van der Waals surface area (Å²) in [4.78, 5) is 23.9. The molecule has 1 aromatic heterocycles. The molecule has 0 fully saturated rings. The first kappa shape index (κ1) is 17.0. The summed E-state index contributed by atoms with van der Waals surface area (Å²) in [6, 6.07) is 3.97. The summed E-state index contributed by atoms with van der Waals surface area (Å²) in [5, 5.41) is 6.18. The van der Waals surface area contributed by atoms with Crippen LogP contribution in [0.4, 0.5) is 0 Å². The van der Waals surface area contributed by atoms with Crippen molar-refractivity contribution in [2.45, 2.75) is 20.8 Å². The van der Waals surface area contributed by atoms with Crippen LogP contribution in [0.1, 0.15) is 27.2 Å². The van der Waals surface area contributed by atoms with Crippen LogP contribution in [-0.4, -0.2) is 38.6 Å². The molecule has 6 heteroatoms. The van der Waals surface area contributed by atoms with E-state index in [0.717, 1.165) is 27.7 Å². The van der Waals surface area contributed by atoms with Crippen molar-refractivity contribution < 1.29 is 18.7 Å². The van der Waals surface area contributed by atoms with Gasteiger partial charge in [-0.3, -0.25) is 9.59 Å². The van der Waals surface area contributed by atoms with E-state index in [0.29, 0.717) is 13.2 Å². The first-order valence-electron chi connectivity index (χ1n) is 7.48. The van der Waals surface area contributed by atoms with E-state index in [1.54, 1.807) is 7.11 Å². The summed E-state index contributed by atoms with van der Waals surface area (Å²) in [5.41, 5.74) is 3.55. The monoisotopic (exact) mass is 318 g/mol. The maximum Gasteiger partial charge on any atom is 0.287 e. The van der Waals surface area contributed by atoms with Gasteiger partial charge in [-0.25, -0.2) is 0 Å². The normalized spacial score (nSPS) is 10.8. The second-order valence-corrected chi connectivity index (χ2v) is 5.49. The van der Waals surface area contributed by atoms with Crippen molar-refractivity contribution in [1.82, 2.24) is 10.6 Å². The van der Waals surface area contributed by atoms with Gasteiger partial charge in [-0.2, -0.15) is 0 Å². The van der Waals surface area contributed by atoms with Crippen molar-refractivity contribution in [1.29, 1.82) is 0 Å². The smallest absolute Gasteiger partial charge is 0.287 e. The molecule has 1 heterocycles. The zero-order valence-corrected chi connectivity index (χ0v) is 13.9. The number of furan rings is 1. The number of amides is 2. The Bertz CT molecular complexity index is 734. The molecule has 6 nitrogen and oxygen atoms in total. The summed E-state index contributed by atoms with van der Waals surface area (Å²) < 4.78 is 10.6. The fourth-order valence-corrected chi connectivity index (χ4v) is 2.49. The molecule has 0 saturated carbocycles. The van der Waals surface area contributed by atoms with Crippen molar-refractivity contribution in [3.63, 3.8) is 0 Å². The highest BCUT2D eigenvalue weighted by molar-refractivity contribution is 6.01. The lowest BCUT2D eigenvalue weighted by molar-refractivity contribution is -0.120. The summed E-state index contributed by atoms with van der Waals surface area (Å²) in [6.07, 6.45) is 0. The van der Waals surface area contributed by atoms with Crippen LogP contribution in [0.25, 0.3) is 11.0 Å². The molecule has 1 aromatic carbocycles. The molecular weight excluding hydrogens is 296 g/mol. The molecule has 0 atom stereocenters. The van der Waals surface area contributed by atoms with Gasteiger partial charge in [0.15, 0.2) is 5.76 Å². The molecule has 0 aliphatic carbocycles. The number of fused-ring (bicyclic) bond motifs is 1. The third-order valence-corrected chi connectivity index (χ3v) is 3.73. The van der Waals surface area contributed by atoms with Crippen LogP contribution in [0, 0.1) is 20.8 Å². The third-order valence-electron chi connectivity index (χ3n) is 3.73. The van der Waals surface area contributed by atoms with Crippen LogP contribution in [0.3, 0.4) is 0 Å². The Kier molecular flexibility index (Phi) is 5.39. The van der Waals surface area contributed by atoms with E-state index in [-0.39, 0.29) is 24.1 Å². The highest BCUT2D eigenvalue weighted by Gasteiger charge is 2.20. The predicted octanol–water partition coefficient (Wildman–Crippen LogP) is 1.85. The molecule has 2 amide bonds. The standard InChI is InChI=1S/C17H22N2O4/c1-10-5-6-11(2)15-14(10)12(3)16(23-15)17(21)19-9-13(20)18-7-8-22-4/h5-6H,7-9H2,1-4H3,(H,18,20)(H,19,21). The van der Waals surface area contributed by atoms with E-state index in [1.165, 1.54) is 0 Å². The average Bonchev–Trinajstić information content (AvgIpc) is 2.88. The molecule has 23 heavy (non-hydrogen) atoms. The molecule has 2 rings (SSSR count). The molecule has 0 radical (unpaired) electrons. The topological polar surface area (TPSA) is 80.6 Å². The number of rotatable bonds is 6. The molecule has 0 spiro atoms. The number of methoxy groups -OCH3 is 1. The predicted molar refractivity (Wildman–Crippen MR) is 87.6 cm³/mol. The summed E-state index contributed by atoms with van der Waals surface area (Å²) in [7, 11) is 1.56. The van der Waals surface area contributed by atoms with Gasteiger partial charge in [-0.05, 0) is 31.9 Å². The van der Waals surface area contributed by atoms with E-state index in [9.17, 15) is 9.59 Å². The highest BCUT2D eigenvalue weighted by atomic mass is 16.5. The Morgan fingerprint density at radius 2 is 1.83 bits per heavy atom. The molecular formula is C17H22N2O4. The number of aryl methyl sites for hydroxylation is 3. The van der Waals surface area contributed by atoms with Gasteiger partial charge in [0, 0.05) is 24.6 Å². The SMILES string of the molecule is COCCNC(=O)CNC(=O)c1oc2c(C)ccc(C)c2c1C. The maximum atomic E-state index is 12.3. The van der Waals surface area contributed by atoms with Gasteiger partial charge in [0.25, 0.3) is 5.91 Å². The quantitative estimate of drug-likeness (QED) is 0.797. The molecule has 0 aliphatic heterocycles. The summed E-state index contributed by atoms with van der Waals surface area (Å²) >= 11 is 0. The first-order valence-corrected chi connectivity index (χ1v) is 7.48. The number of hydrogen-bond donors (Lipinski definition) is 2. The van der Waals surface area contributed by atoms with Gasteiger partial charge in [-0.15, -0.1) is 0 Å². The number of benzene rings is 1. The lowest BCUT2D eigenvalue weighted by Crippen LogP contribution is -2.38. The Morgan fingerprint density at radius 1 is 1.13 bits per heavy atom. The molecule has 0 bridgehead atoms. The van der Waals surface area contributed by atoms with Crippen LogP contribution in [0.5, 0.6) is 0 Å². The maximum absolute atomic E-state index is 12.3. The Hall–Kier alpha value is -2.34. The second kappa shape index (κ2) is 7.28. The molecule has 0 unspecified atom stereocenters. The summed E-state index contributed by atoms with van der Waals surface area (Å²) in [6.45, 7) is 6.52. The van der Waals surface area contributed by atoms with Crippen LogP contribution in [0.15, 0.2) is 16.5 Å². The highest BCUT2D eigenvalue weighted by Crippen LogP contribution is 2.30. The van der Waals surface area contributed by atoms with E-state index >= 15 is 0 Å². The van der Waals surface area contributed by atoms with Crippen LogP contribution in [0.2, 0.25) is 0 Å². The molecule has 0 aliphatic rings. The van der Waals surface area contributed by atoms with Crippen LogP contribution >= 0.6 is 0 Å². The van der Waals surface area contributed by atoms with E-state index in [4.69, 9.17) is 9.15 Å². The van der Waals surface area contributed by atoms with Gasteiger partial charge >= 0.3 is 0 Å². The van der Waals surface area contributed by atoms with Crippen molar-refractivity contribution in [3.8, 4) is 0 Å². The average molecular weight is 318 g/mol. The largest absolute Gasteiger partial charge is 0.450 e. The minimum absolute atomic E-state index is 0.100. The van der Waals surface area contributed by atoms with Crippen LogP contribution in [-0.2, 0) is 9.53 Å². The van der Waals surface area contributed by atoms with Gasteiger partial charge < -0.3 is 19.8 Å². The molecule has 0 saturated heterocycles. The first-order chi connectivity index (χ1) is 11.0. The van der Waals surface area contributed by atoms with Gasteiger partial charge in [0.2, 0.25) is 5.91 Å². The number of hydrogen-bond acceptors (Lipinski definition) is 4. The lowest BCUT2D eigenvalue weighted by atomic mass is 10.0. The Balaban J connectivity index is 2.10. The zero-order valence-electron chi connectivity index (χ0n) is 13.9. The van der Waals surface area contributed by atoms with E-state index < -0.39 is 0 Å². The fraction of sp³-hybridized carbons (Fsp3) is 0.412. The number of carbonyl (C=O) groups excluding carboxylic acids is 2. The summed E-state index contributed by atoms with van der Waals surface area (Å²) in [5.74, 6) is -0.405. The minimum Gasteiger partial charge on any atom is -0.450 e. The van der Waals surface area contributed by atoms with Crippen molar-refractivity contribution in [2.24, 2.45) is 0 Å². The fourth-order valence-electron chi connectivity index (χ4n) is 2.49. The number of carbonyl (C=O) groups is 2. The number of ether oxygens (including phenoxy) is 1. The molecule has 124 valence electrons. The number of nitrogens with one attached hydrogen (secondary N) is 2. The van der Waals surface area contributed by atoms with E-state index in [1.807, 2.05) is 32.9 Å².